The Kier molecular flexibility index (Phi) is 7.19. The van der Waals surface area contributed by atoms with Crippen molar-refractivity contribution in [1.29, 1.82) is 0 Å². The maximum absolute atomic E-state index is 13.1. The second-order valence-electron chi connectivity index (χ2n) is 10.9. The zero-order valence-corrected chi connectivity index (χ0v) is 24.0. The Hall–Kier alpha value is -4.11. The molecule has 0 unspecified atom stereocenters. The molecule has 0 N–H and O–H groups in total. The summed E-state index contributed by atoms with van der Waals surface area (Å²) in [5, 5.41) is 7.50. The number of nitrogens with zero attached hydrogens (tertiary/aromatic N) is 3. The monoisotopic (exact) mass is 577 g/mol. The van der Waals surface area contributed by atoms with E-state index in [2.05, 4.69) is 10.00 Å². The molecule has 0 aliphatic carbocycles. The molecule has 0 atom stereocenters. The van der Waals surface area contributed by atoms with E-state index in [1.54, 1.807) is 0 Å². The van der Waals surface area contributed by atoms with Crippen molar-refractivity contribution in [3.8, 4) is 5.69 Å². The van der Waals surface area contributed by atoms with Gasteiger partial charge in [-0.25, -0.2) is 4.68 Å². The van der Waals surface area contributed by atoms with Crippen LogP contribution in [-0.2, 0) is 22.3 Å². The molecule has 0 amide bonds. The molecular weight excluding hydrogens is 546 g/mol. The molecular formula is C34H31N3O4S. The summed E-state index contributed by atoms with van der Waals surface area (Å²) in [7, 11) is 0. The van der Waals surface area contributed by atoms with Crippen LogP contribution in [0, 0.1) is 0 Å². The van der Waals surface area contributed by atoms with Crippen LogP contribution in [0.1, 0.15) is 44.0 Å². The molecule has 212 valence electrons. The molecule has 0 radical (unpaired) electrons. The summed E-state index contributed by atoms with van der Waals surface area (Å²) in [5.74, 6) is -0.169. The summed E-state index contributed by atoms with van der Waals surface area (Å²) < 4.78 is 13.6. The second-order valence-corrected chi connectivity index (χ2v) is 11.9. The number of carbonyl (C=O) groups is 2. The third kappa shape index (κ3) is 5.41. The number of hydrogen-bond acceptors (Lipinski definition) is 7. The highest BCUT2D eigenvalue weighted by molar-refractivity contribution is 7.12. The topological polar surface area (TPSA) is 73.7 Å². The van der Waals surface area contributed by atoms with Gasteiger partial charge in [-0.3, -0.25) is 9.59 Å². The van der Waals surface area contributed by atoms with Crippen molar-refractivity contribution >= 4 is 39.5 Å². The van der Waals surface area contributed by atoms with Crippen LogP contribution < -0.4 is 4.90 Å². The lowest BCUT2D eigenvalue weighted by Gasteiger charge is -2.38. The number of ketones is 2. The van der Waals surface area contributed by atoms with E-state index in [1.807, 2.05) is 95.1 Å². The number of benzene rings is 3. The van der Waals surface area contributed by atoms with Gasteiger partial charge in [0.2, 0.25) is 0 Å². The van der Waals surface area contributed by atoms with Gasteiger partial charge in [-0.2, -0.15) is 5.10 Å². The average Bonchev–Trinajstić information content (AvgIpc) is 3.80. The Balaban J connectivity index is 0.989. The van der Waals surface area contributed by atoms with Crippen LogP contribution in [0.5, 0.6) is 0 Å². The molecule has 2 aliphatic rings. The number of ether oxygens (including phenoxy) is 2. The van der Waals surface area contributed by atoms with Crippen LogP contribution in [0.3, 0.4) is 0 Å². The van der Waals surface area contributed by atoms with Gasteiger partial charge in [-0.15, -0.1) is 11.3 Å². The maximum Gasteiger partial charge on any atom is 0.177 e. The van der Waals surface area contributed by atoms with Crippen LogP contribution in [0.2, 0.25) is 0 Å². The minimum Gasteiger partial charge on any atom is -0.371 e. The average molecular weight is 578 g/mol. The van der Waals surface area contributed by atoms with Gasteiger partial charge in [0.25, 0.3) is 0 Å². The number of fused-ring (bicyclic) bond motifs is 1. The van der Waals surface area contributed by atoms with E-state index >= 15 is 0 Å². The van der Waals surface area contributed by atoms with Gasteiger partial charge in [0.15, 0.2) is 17.4 Å². The van der Waals surface area contributed by atoms with E-state index in [1.165, 1.54) is 11.3 Å². The van der Waals surface area contributed by atoms with Crippen molar-refractivity contribution in [2.24, 2.45) is 0 Å². The van der Waals surface area contributed by atoms with E-state index < -0.39 is 0 Å². The predicted octanol–water partition coefficient (Wildman–Crippen LogP) is 6.28. The normalized spacial score (nSPS) is 16.3. The van der Waals surface area contributed by atoms with E-state index in [0.29, 0.717) is 31.6 Å². The van der Waals surface area contributed by atoms with Gasteiger partial charge in [0.05, 0.1) is 35.5 Å². The molecule has 4 heterocycles. The molecule has 42 heavy (non-hydrogen) atoms. The third-order valence-electron chi connectivity index (χ3n) is 8.23. The number of rotatable bonds is 8. The molecule has 2 aromatic heterocycles. The fourth-order valence-electron chi connectivity index (χ4n) is 5.90. The van der Waals surface area contributed by atoms with Crippen molar-refractivity contribution in [3.63, 3.8) is 0 Å². The zero-order valence-electron chi connectivity index (χ0n) is 23.2. The van der Waals surface area contributed by atoms with Gasteiger partial charge in [-0.1, -0.05) is 24.3 Å². The first-order chi connectivity index (χ1) is 20.6. The number of hydrogen-bond donors (Lipinski definition) is 0. The molecule has 2 saturated heterocycles. The highest BCUT2D eigenvalue weighted by Gasteiger charge is 2.39. The standard InChI is InChI=1S/C34H31N3O4S/c38-31(26-6-10-28(11-7-26)36-15-13-34(14-16-36)40-17-18-41-34)22-25-5-12-30-27(20-25)23-35-37(30)29-8-3-24(4-9-29)21-32(39)33-2-1-19-42-33/h1-12,19-20,23H,13-18,21-22H2. The Morgan fingerprint density at radius 3 is 2.21 bits per heavy atom. The first-order valence-electron chi connectivity index (χ1n) is 14.3. The molecule has 0 saturated carbocycles. The van der Waals surface area contributed by atoms with Crippen molar-refractivity contribution in [3.05, 3.63) is 112 Å². The lowest BCUT2D eigenvalue weighted by Crippen LogP contribution is -2.45. The first kappa shape index (κ1) is 26.8. The number of Topliss-reactive ketones (excluding diaryl/α,β-unsaturated/α-hetero) is 2. The minimum absolute atomic E-state index is 0.0892. The van der Waals surface area contributed by atoms with Gasteiger partial charge in [0, 0.05) is 55.4 Å². The molecule has 1 spiro atoms. The predicted molar refractivity (Wildman–Crippen MR) is 164 cm³/mol. The molecule has 7 nitrogen and oxygen atoms in total. The maximum atomic E-state index is 13.1. The van der Waals surface area contributed by atoms with Crippen LogP contribution in [0.15, 0.2) is 90.4 Å². The molecule has 2 aliphatic heterocycles. The highest BCUT2D eigenvalue weighted by Crippen LogP contribution is 2.33. The van der Waals surface area contributed by atoms with Gasteiger partial charge >= 0.3 is 0 Å². The smallest absolute Gasteiger partial charge is 0.177 e. The quantitative estimate of drug-likeness (QED) is 0.202. The third-order valence-corrected chi connectivity index (χ3v) is 9.14. The first-order valence-corrected chi connectivity index (χ1v) is 15.2. The van der Waals surface area contributed by atoms with Crippen molar-refractivity contribution in [2.45, 2.75) is 31.5 Å². The van der Waals surface area contributed by atoms with E-state index in [-0.39, 0.29) is 17.4 Å². The van der Waals surface area contributed by atoms with E-state index in [0.717, 1.165) is 64.2 Å². The van der Waals surface area contributed by atoms with Crippen LogP contribution in [0.25, 0.3) is 16.6 Å². The summed E-state index contributed by atoms with van der Waals surface area (Å²) in [6.07, 6.45) is 4.25. The molecule has 8 heteroatoms. The van der Waals surface area contributed by atoms with Gasteiger partial charge < -0.3 is 14.4 Å². The summed E-state index contributed by atoms with van der Waals surface area (Å²) in [6, 6.07) is 25.7. The van der Waals surface area contributed by atoms with Crippen LogP contribution >= 0.6 is 11.3 Å². The minimum atomic E-state index is -0.388. The number of anilines is 1. The molecule has 0 bridgehead atoms. The lowest BCUT2D eigenvalue weighted by molar-refractivity contribution is -0.169. The largest absolute Gasteiger partial charge is 0.371 e. The van der Waals surface area contributed by atoms with Gasteiger partial charge in [0.1, 0.15) is 0 Å². The summed E-state index contributed by atoms with van der Waals surface area (Å²) in [4.78, 5) is 28.7. The Bertz CT molecular complexity index is 1710. The second kappa shape index (κ2) is 11.3. The summed E-state index contributed by atoms with van der Waals surface area (Å²) in [6.45, 7) is 3.11. The fourth-order valence-corrected chi connectivity index (χ4v) is 6.56. The van der Waals surface area contributed by atoms with Gasteiger partial charge in [-0.05, 0) is 71.1 Å². The molecule has 5 aromatic rings. The summed E-state index contributed by atoms with van der Waals surface area (Å²) >= 11 is 1.47. The van der Waals surface area contributed by atoms with E-state index in [9.17, 15) is 9.59 Å². The van der Waals surface area contributed by atoms with Crippen LogP contribution in [-0.4, -0.2) is 53.4 Å². The van der Waals surface area contributed by atoms with Crippen molar-refractivity contribution < 1.29 is 19.1 Å². The number of thiophene rings is 1. The lowest BCUT2D eigenvalue weighted by atomic mass is 10.0. The van der Waals surface area contributed by atoms with E-state index in [4.69, 9.17) is 9.47 Å². The molecule has 7 rings (SSSR count). The number of carbonyl (C=O) groups excluding carboxylic acids is 2. The molecule has 3 aromatic carbocycles. The summed E-state index contributed by atoms with van der Waals surface area (Å²) in [5.41, 5.74) is 5.65. The Labute approximate surface area is 248 Å². The highest BCUT2D eigenvalue weighted by atomic mass is 32.1. The molecule has 2 fully saturated rings. The zero-order chi connectivity index (χ0) is 28.5. The Morgan fingerprint density at radius 1 is 0.810 bits per heavy atom. The fraction of sp³-hybridized carbons (Fsp3) is 0.265. The number of piperidine rings is 1. The number of aromatic nitrogens is 2. The SMILES string of the molecule is O=C(Cc1ccc2c(cnn2-c2ccc(CC(=O)c3cccs3)cc2)c1)c1ccc(N2CCC3(CC2)OCCO3)cc1. The van der Waals surface area contributed by atoms with Crippen molar-refractivity contribution in [1.82, 2.24) is 9.78 Å². The van der Waals surface area contributed by atoms with Crippen LogP contribution in [0.4, 0.5) is 5.69 Å². The van der Waals surface area contributed by atoms with Crippen molar-refractivity contribution in [2.75, 3.05) is 31.2 Å². The Morgan fingerprint density at radius 2 is 1.50 bits per heavy atom.